The van der Waals surface area contributed by atoms with E-state index in [9.17, 15) is 13.2 Å². The highest BCUT2D eigenvalue weighted by atomic mass is 19.4. The lowest BCUT2D eigenvalue weighted by atomic mass is 10.2. The predicted molar refractivity (Wildman–Crippen MR) is 96.9 cm³/mol. The number of morpholine rings is 1. The molecule has 0 bridgehead atoms. The van der Waals surface area contributed by atoms with E-state index in [0.29, 0.717) is 0 Å². The molecule has 0 saturated carbocycles. The van der Waals surface area contributed by atoms with Crippen LogP contribution in [0, 0.1) is 0 Å². The van der Waals surface area contributed by atoms with Gasteiger partial charge in [0.1, 0.15) is 0 Å². The summed E-state index contributed by atoms with van der Waals surface area (Å²) in [7, 11) is 0. The van der Waals surface area contributed by atoms with E-state index in [1.165, 1.54) is 11.3 Å². The summed E-state index contributed by atoms with van der Waals surface area (Å²) in [4.78, 5) is 11.3. The summed E-state index contributed by atoms with van der Waals surface area (Å²) < 4.78 is 37.1. The quantitative estimate of drug-likeness (QED) is 0.843. The fourth-order valence-electron chi connectivity index (χ4n) is 2.41. The van der Waals surface area contributed by atoms with Crippen LogP contribution in [0.3, 0.4) is 0 Å². The highest BCUT2D eigenvalue weighted by molar-refractivity contribution is 5.73. The predicted octanol–water partition coefficient (Wildman–Crippen LogP) is 3.77. The molecule has 1 fully saturated rings. The van der Waals surface area contributed by atoms with Gasteiger partial charge in [0.15, 0.2) is 0 Å². The van der Waals surface area contributed by atoms with Crippen LogP contribution in [0.4, 0.5) is 24.5 Å². The molecule has 5 nitrogen and oxygen atoms in total. The Morgan fingerprint density at radius 1 is 1.04 bits per heavy atom. The number of anilines is 2. The van der Waals surface area contributed by atoms with Crippen molar-refractivity contribution < 1.29 is 27.8 Å². The standard InChI is InChI=1S/C17H20N2O.C2HF3O2/c1-2-4-15(5-3-1)14-18-16-6-8-17(9-7-16)19-10-12-20-13-11-19;3-2(4,5)1(6)7/h1-9,18H,10-14H2;(H,6,7). The molecule has 2 aromatic rings. The zero-order chi connectivity index (χ0) is 19.7. The van der Waals surface area contributed by atoms with Gasteiger partial charge in [0.2, 0.25) is 0 Å². The topological polar surface area (TPSA) is 61.8 Å². The van der Waals surface area contributed by atoms with E-state index in [4.69, 9.17) is 14.6 Å². The number of carboxylic acids is 1. The van der Waals surface area contributed by atoms with Crippen LogP contribution in [0.5, 0.6) is 0 Å². The van der Waals surface area contributed by atoms with Crippen molar-refractivity contribution in [1.29, 1.82) is 0 Å². The number of carbonyl (C=O) groups is 1. The van der Waals surface area contributed by atoms with E-state index in [1.807, 2.05) is 6.07 Å². The first-order chi connectivity index (χ1) is 12.9. The molecule has 0 aliphatic carbocycles. The van der Waals surface area contributed by atoms with Crippen molar-refractivity contribution in [1.82, 2.24) is 0 Å². The number of alkyl halides is 3. The normalized spacial score (nSPS) is 14.1. The fourth-order valence-corrected chi connectivity index (χ4v) is 2.41. The van der Waals surface area contributed by atoms with Gasteiger partial charge < -0.3 is 20.1 Å². The average molecular weight is 382 g/mol. The van der Waals surface area contributed by atoms with Crippen molar-refractivity contribution in [2.75, 3.05) is 36.5 Å². The Kier molecular flexibility index (Phi) is 7.48. The van der Waals surface area contributed by atoms with Gasteiger partial charge in [0.05, 0.1) is 13.2 Å². The van der Waals surface area contributed by atoms with E-state index in [-0.39, 0.29) is 0 Å². The third-order valence-corrected chi connectivity index (χ3v) is 3.83. The van der Waals surface area contributed by atoms with E-state index in [1.54, 1.807) is 0 Å². The SMILES string of the molecule is O=C(O)C(F)(F)F.c1ccc(CNc2ccc(N3CCOCC3)cc2)cc1. The lowest BCUT2D eigenvalue weighted by molar-refractivity contribution is -0.192. The van der Waals surface area contributed by atoms with Crippen LogP contribution in [0.25, 0.3) is 0 Å². The monoisotopic (exact) mass is 382 g/mol. The highest BCUT2D eigenvalue weighted by Crippen LogP contribution is 2.19. The first-order valence-electron chi connectivity index (χ1n) is 8.37. The van der Waals surface area contributed by atoms with Crippen molar-refractivity contribution in [3.05, 3.63) is 60.2 Å². The summed E-state index contributed by atoms with van der Waals surface area (Å²) in [5, 5.41) is 10.6. The summed E-state index contributed by atoms with van der Waals surface area (Å²) in [6.07, 6.45) is -5.08. The Bertz CT molecular complexity index is 700. The maximum Gasteiger partial charge on any atom is 0.490 e. The Balaban J connectivity index is 0.000000321. The Labute approximate surface area is 155 Å². The lowest BCUT2D eigenvalue weighted by Gasteiger charge is -2.28. The van der Waals surface area contributed by atoms with Crippen molar-refractivity contribution in [2.24, 2.45) is 0 Å². The van der Waals surface area contributed by atoms with E-state index in [0.717, 1.165) is 38.5 Å². The number of hydrogen-bond acceptors (Lipinski definition) is 4. The van der Waals surface area contributed by atoms with Crippen molar-refractivity contribution in [2.45, 2.75) is 12.7 Å². The number of nitrogens with zero attached hydrogens (tertiary/aromatic N) is 1. The second-order valence-corrected chi connectivity index (χ2v) is 5.79. The Morgan fingerprint density at radius 2 is 1.59 bits per heavy atom. The van der Waals surface area contributed by atoms with E-state index < -0.39 is 12.1 Å². The maximum absolute atomic E-state index is 10.6. The average Bonchev–Trinajstić information content (AvgIpc) is 2.68. The van der Waals surface area contributed by atoms with Crippen LogP contribution in [0.15, 0.2) is 54.6 Å². The summed E-state index contributed by atoms with van der Waals surface area (Å²) in [6, 6.07) is 19.1. The number of halogens is 3. The zero-order valence-corrected chi connectivity index (χ0v) is 14.6. The Hall–Kier alpha value is -2.74. The molecule has 0 radical (unpaired) electrons. The van der Waals surface area contributed by atoms with Crippen LogP contribution < -0.4 is 10.2 Å². The van der Waals surface area contributed by atoms with Gasteiger partial charge in [-0.1, -0.05) is 30.3 Å². The summed E-state index contributed by atoms with van der Waals surface area (Å²) in [5.74, 6) is -2.76. The number of carboxylic acid groups (broad SMARTS) is 1. The van der Waals surface area contributed by atoms with Gasteiger partial charge in [-0.2, -0.15) is 13.2 Å². The van der Waals surface area contributed by atoms with Crippen LogP contribution in [0.1, 0.15) is 5.56 Å². The molecular formula is C19H21F3N2O3. The van der Waals surface area contributed by atoms with Gasteiger partial charge in [-0.3, -0.25) is 0 Å². The number of rotatable bonds is 4. The van der Waals surface area contributed by atoms with Gasteiger partial charge in [0, 0.05) is 31.0 Å². The second kappa shape index (κ2) is 9.82. The van der Waals surface area contributed by atoms with Gasteiger partial charge >= 0.3 is 12.1 Å². The van der Waals surface area contributed by atoms with Gasteiger partial charge in [-0.25, -0.2) is 4.79 Å². The molecule has 0 spiro atoms. The fraction of sp³-hybridized carbons (Fsp3) is 0.316. The molecule has 0 atom stereocenters. The van der Waals surface area contributed by atoms with Gasteiger partial charge in [-0.15, -0.1) is 0 Å². The number of aliphatic carboxylic acids is 1. The number of ether oxygens (including phenoxy) is 1. The molecule has 0 aromatic heterocycles. The van der Waals surface area contributed by atoms with E-state index >= 15 is 0 Å². The minimum absolute atomic E-state index is 0.827. The number of benzene rings is 2. The van der Waals surface area contributed by atoms with Crippen LogP contribution in [-0.4, -0.2) is 43.6 Å². The molecule has 1 aliphatic rings. The molecule has 1 aliphatic heterocycles. The molecule has 0 unspecified atom stereocenters. The highest BCUT2D eigenvalue weighted by Gasteiger charge is 2.38. The molecule has 1 heterocycles. The number of hydrogen-bond donors (Lipinski definition) is 2. The molecule has 2 N–H and O–H groups in total. The van der Waals surface area contributed by atoms with Crippen molar-refractivity contribution >= 4 is 17.3 Å². The smallest absolute Gasteiger partial charge is 0.475 e. The molecule has 3 rings (SSSR count). The lowest BCUT2D eigenvalue weighted by Crippen LogP contribution is -2.36. The maximum atomic E-state index is 10.6. The molecule has 146 valence electrons. The third-order valence-electron chi connectivity index (χ3n) is 3.83. The number of nitrogens with one attached hydrogen (secondary N) is 1. The van der Waals surface area contributed by atoms with Gasteiger partial charge in [0.25, 0.3) is 0 Å². The minimum atomic E-state index is -5.08. The van der Waals surface area contributed by atoms with Crippen molar-refractivity contribution in [3.8, 4) is 0 Å². The van der Waals surface area contributed by atoms with Crippen LogP contribution in [0.2, 0.25) is 0 Å². The summed E-state index contributed by atoms with van der Waals surface area (Å²) in [5.41, 5.74) is 3.73. The summed E-state index contributed by atoms with van der Waals surface area (Å²) >= 11 is 0. The van der Waals surface area contributed by atoms with Crippen molar-refractivity contribution in [3.63, 3.8) is 0 Å². The molecular weight excluding hydrogens is 361 g/mol. The van der Waals surface area contributed by atoms with Crippen LogP contribution in [-0.2, 0) is 16.1 Å². The molecule has 27 heavy (non-hydrogen) atoms. The third kappa shape index (κ3) is 7.18. The molecule has 2 aromatic carbocycles. The molecule has 0 amide bonds. The molecule has 1 saturated heterocycles. The van der Waals surface area contributed by atoms with Crippen LogP contribution >= 0.6 is 0 Å². The minimum Gasteiger partial charge on any atom is -0.475 e. The largest absolute Gasteiger partial charge is 0.490 e. The van der Waals surface area contributed by atoms with Gasteiger partial charge in [-0.05, 0) is 29.8 Å². The summed E-state index contributed by atoms with van der Waals surface area (Å²) in [6.45, 7) is 4.48. The molecule has 8 heteroatoms. The zero-order valence-electron chi connectivity index (χ0n) is 14.6. The van der Waals surface area contributed by atoms with E-state index in [2.05, 4.69) is 58.7 Å². The Morgan fingerprint density at radius 3 is 2.11 bits per heavy atom. The first kappa shape index (κ1) is 20.6. The second-order valence-electron chi connectivity index (χ2n) is 5.79. The first-order valence-corrected chi connectivity index (χ1v) is 8.37.